The van der Waals surface area contributed by atoms with Gasteiger partial charge in [0.15, 0.2) is 0 Å². The highest BCUT2D eigenvalue weighted by Gasteiger charge is 2.45. The highest BCUT2D eigenvalue weighted by atomic mass is 35.5. The number of rotatable bonds is 3. The Morgan fingerprint density at radius 3 is 2.80 bits per heavy atom. The molecule has 1 aliphatic carbocycles. The lowest BCUT2D eigenvalue weighted by Gasteiger charge is -2.45. The lowest BCUT2D eigenvalue weighted by molar-refractivity contribution is 0.0770. The normalized spacial score (nSPS) is 31.5. The zero-order valence-corrected chi connectivity index (χ0v) is 13.6. The van der Waals surface area contributed by atoms with Crippen molar-refractivity contribution < 1.29 is 0 Å². The van der Waals surface area contributed by atoms with Crippen LogP contribution in [0.3, 0.4) is 0 Å². The summed E-state index contributed by atoms with van der Waals surface area (Å²) in [6, 6.07) is 6.26. The molecule has 1 heterocycles. The van der Waals surface area contributed by atoms with Gasteiger partial charge >= 0.3 is 0 Å². The molecule has 1 saturated heterocycles. The second-order valence-electron chi connectivity index (χ2n) is 6.56. The minimum absolute atomic E-state index is 0.261. The molecule has 1 saturated carbocycles. The smallest absolute Gasteiger partial charge is 0.0452 e. The van der Waals surface area contributed by atoms with Gasteiger partial charge in [-0.1, -0.05) is 23.2 Å². The zero-order chi connectivity index (χ0) is 14.3. The Balaban J connectivity index is 1.76. The van der Waals surface area contributed by atoms with E-state index in [9.17, 15) is 0 Å². The van der Waals surface area contributed by atoms with Crippen LogP contribution < -0.4 is 5.32 Å². The first-order chi connectivity index (χ1) is 9.48. The van der Waals surface area contributed by atoms with Crippen molar-refractivity contribution in [3.8, 4) is 0 Å². The average molecular weight is 313 g/mol. The summed E-state index contributed by atoms with van der Waals surface area (Å²) in [5.41, 5.74) is 1.39. The number of benzene rings is 1. The van der Waals surface area contributed by atoms with Crippen molar-refractivity contribution in [1.82, 2.24) is 10.2 Å². The maximum atomic E-state index is 6.31. The quantitative estimate of drug-likeness (QED) is 0.909. The monoisotopic (exact) mass is 312 g/mol. The van der Waals surface area contributed by atoms with E-state index >= 15 is 0 Å². The lowest BCUT2D eigenvalue weighted by atomic mass is 9.91. The van der Waals surface area contributed by atoms with E-state index in [0.717, 1.165) is 41.2 Å². The molecular formula is C16H22Cl2N2. The van der Waals surface area contributed by atoms with Crippen LogP contribution in [0.25, 0.3) is 0 Å². The molecule has 110 valence electrons. The van der Waals surface area contributed by atoms with E-state index in [1.54, 1.807) is 0 Å². The maximum Gasteiger partial charge on any atom is 0.0452 e. The highest BCUT2D eigenvalue weighted by molar-refractivity contribution is 6.33. The summed E-state index contributed by atoms with van der Waals surface area (Å²) < 4.78 is 0. The standard InChI is InChI=1S/C16H22Cl2N2/c1-11-8-19-16(2,13-3-4-13)10-20(11)9-12-7-14(17)5-6-15(12)18/h5-7,11,13,19H,3-4,8-10H2,1-2H3. The topological polar surface area (TPSA) is 15.3 Å². The largest absolute Gasteiger partial charge is 0.308 e. The molecule has 0 amide bonds. The Kier molecular flexibility index (Phi) is 4.02. The number of piperazine rings is 1. The molecule has 2 fully saturated rings. The Hall–Kier alpha value is -0.280. The molecule has 2 atom stereocenters. The van der Waals surface area contributed by atoms with Crippen LogP contribution in [0, 0.1) is 5.92 Å². The van der Waals surface area contributed by atoms with E-state index in [0.29, 0.717) is 6.04 Å². The summed E-state index contributed by atoms with van der Waals surface area (Å²) in [6.07, 6.45) is 2.73. The van der Waals surface area contributed by atoms with Crippen molar-refractivity contribution in [2.24, 2.45) is 5.92 Å². The van der Waals surface area contributed by atoms with E-state index in [2.05, 4.69) is 24.1 Å². The predicted octanol–water partition coefficient (Wildman–Crippen LogP) is 3.96. The first kappa shape index (κ1) is 14.6. The van der Waals surface area contributed by atoms with Gasteiger partial charge in [0.25, 0.3) is 0 Å². The third-order valence-electron chi connectivity index (χ3n) is 4.82. The molecule has 4 heteroatoms. The Morgan fingerprint density at radius 2 is 2.10 bits per heavy atom. The maximum absolute atomic E-state index is 6.31. The van der Waals surface area contributed by atoms with Gasteiger partial charge in [0, 0.05) is 41.3 Å². The molecule has 20 heavy (non-hydrogen) atoms. The molecule has 0 spiro atoms. The minimum Gasteiger partial charge on any atom is -0.308 e. The van der Waals surface area contributed by atoms with E-state index in [4.69, 9.17) is 23.2 Å². The molecule has 3 rings (SSSR count). The number of nitrogens with one attached hydrogen (secondary N) is 1. The molecular weight excluding hydrogens is 291 g/mol. The number of nitrogens with zero attached hydrogens (tertiary/aromatic N) is 1. The third kappa shape index (κ3) is 2.99. The van der Waals surface area contributed by atoms with Crippen LogP contribution in [-0.2, 0) is 6.54 Å². The molecule has 0 aromatic heterocycles. The van der Waals surface area contributed by atoms with Crippen LogP contribution in [0.1, 0.15) is 32.3 Å². The van der Waals surface area contributed by atoms with Gasteiger partial charge in [0.05, 0.1) is 0 Å². The van der Waals surface area contributed by atoms with Gasteiger partial charge in [-0.15, -0.1) is 0 Å². The summed E-state index contributed by atoms with van der Waals surface area (Å²) >= 11 is 12.4. The van der Waals surface area contributed by atoms with Crippen LogP contribution in [-0.4, -0.2) is 29.6 Å². The molecule has 1 N–H and O–H groups in total. The molecule has 1 aliphatic heterocycles. The molecule has 0 bridgehead atoms. The van der Waals surface area contributed by atoms with Gasteiger partial charge < -0.3 is 5.32 Å². The van der Waals surface area contributed by atoms with Crippen LogP contribution in [0.15, 0.2) is 18.2 Å². The van der Waals surface area contributed by atoms with E-state index in [1.165, 1.54) is 12.8 Å². The third-order valence-corrected chi connectivity index (χ3v) is 5.42. The lowest BCUT2D eigenvalue weighted by Crippen LogP contribution is -2.62. The van der Waals surface area contributed by atoms with Crippen LogP contribution >= 0.6 is 23.2 Å². The molecule has 2 aliphatic rings. The fourth-order valence-corrected chi connectivity index (χ4v) is 3.60. The first-order valence-electron chi connectivity index (χ1n) is 7.41. The summed E-state index contributed by atoms with van der Waals surface area (Å²) in [4.78, 5) is 2.53. The average Bonchev–Trinajstić information content (AvgIpc) is 3.23. The van der Waals surface area contributed by atoms with Crippen molar-refractivity contribution in [2.45, 2.75) is 44.8 Å². The van der Waals surface area contributed by atoms with Crippen LogP contribution in [0.4, 0.5) is 0 Å². The molecule has 0 radical (unpaired) electrons. The van der Waals surface area contributed by atoms with Gasteiger partial charge in [-0.2, -0.15) is 0 Å². The number of hydrogen-bond donors (Lipinski definition) is 1. The fraction of sp³-hybridized carbons (Fsp3) is 0.625. The van der Waals surface area contributed by atoms with Crippen molar-refractivity contribution in [3.63, 3.8) is 0 Å². The van der Waals surface area contributed by atoms with Crippen molar-refractivity contribution in [1.29, 1.82) is 0 Å². The van der Waals surface area contributed by atoms with Crippen LogP contribution in [0.2, 0.25) is 10.0 Å². The summed E-state index contributed by atoms with van der Waals surface area (Å²) in [5, 5.41) is 5.32. The van der Waals surface area contributed by atoms with E-state index in [1.807, 2.05) is 18.2 Å². The van der Waals surface area contributed by atoms with Crippen molar-refractivity contribution in [2.75, 3.05) is 13.1 Å². The molecule has 1 aromatic carbocycles. The van der Waals surface area contributed by atoms with Gasteiger partial charge in [0.2, 0.25) is 0 Å². The SMILES string of the molecule is CC1CNC(C)(C2CC2)CN1Cc1cc(Cl)ccc1Cl. The van der Waals surface area contributed by atoms with Crippen molar-refractivity contribution in [3.05, 3.63) is 33.8 Å². The number of hydrogen-bond acceptors (Lipinski definition) is 2. The van der Waals surface area contributed by atoms with E-state index < -0.39 is 0 Å². The van der Waals surface area contributed by atoms with Gasteiger partial charge in [-0.3, -0.25) is 4.90 Å². The van der Waals surface area contributed by atoms with E-state index in [-0.39, 0.29) is 5.54 Å². The fourth-order valence-electron chi connectivity index (χ4n) is 3.23. The van der Waals surface area contributed by atoms with Gasteiger partial charge in [-0.05, 0) is 56.4 Å². The number of halogens is 2. The summed E-state index contributed by atoms with van der Waals surface area (Å²) in [7, 11) is 0. The zero-order valence-electron chi connectivity index (χ0n) is 12.1. The second kappa shape index (κ2) is 5.49. The second-order valence-corrected chi connectivity index (χ2v) is 7.41. The van der Waals surface area contributed by atoms with Gasteiger partial charge in [-0.25, -0.2) is 0 Å². The van der Waals surface area contributed by atoms with Gasteiger partial charge in [0.1, 0.15) is 0 Å². The highest BCUT2D eigenvalue weighted by Crippen LogP contribution is 2.41. The molecule has 1 aromatic rings. The van der Waals surface area contributed by atoms with Crippen LogP contribution in [0.5, 0.6) is 0 Å². The minimum atomic E-state index is 0.261. The first-order valence-corrected chi connectivity index (χ1v) is 8.16. The summed E-state index contributed by atoms with van der Waals surface area (Å²) in [6.45, 7) is 7.65. The Labute approximate surface area is 131 Å². The predicted molar refractivity (Wildman–Crippen MR) is 85.5 cm³/mol. The summed E-state index contributed by atoms with van der Waals surface area (Å²) in [5.74, 6) is 0.840. The Morgan fingerprint density at radius 1 is 1.35 bits per heavy atom. The molecule has 2 nitrogen and oxygen atoms in total. The Bertz CT molecular complexity index is 501. The molecule has 2 unspecified atom stereocenters. The van der Waals surface area contributed by atoms with Crippen molar-refractivity contribution >= 4 is 23.2 Å².